The van der Waals surface area contributed by atoms with Gasteiger partial charge in [-0.15, -0.1) is 11.3 Å². The summed E-state index contributed by atoms with van der Waals surface area (Å²) in [5, 5.41) is 7.64. The maximum absolute atomic E-state index is 12.2. The molecule has 3 nitrogen and oxygen atoms in total. The van der Waals surface area contributed by atoms with Crippen LogP contribution in [0.15, 0.2) is 35.0 Å². The molecular weight excluding hydrogens is 276 g/mol. The lowest BCUT2D eigenvalue weighted by molar-refractivity contribution is 0.103. The number of hydrogen-bond acceptors (Lipinski definition) is 4. The standard InChI is InChI=1S/C14H12N2OS2/c1-8-3-2-4-10-11(15)13(19-12(8)10)14(17)16-9-5-6-18-7-9/h2-7H,15H2,1H3,(H,16,17). The number of rotatable bonds is 2. The van der Waals surface area contributed by atoms with Crippen molar-refractivity contribution in [1.82, 2.24) is 0 Å². The number of hydrogen-bond donors (Lipinski definition) is 2. The van der Waals surface area contributed by atoms with Gasteiger partial charge in [-0.3, -0.25) is 4.79 Å². The Hall–Kier alpha value is -1.85. The van der Waals surface area contributed by atoms with Gasteiger partial charge in [0.1, 0.15) is 4.88 Å². The number of nitrogens with two attached hydrogens (primary N) is 1. The zero-order valence-electron chi connectivity index (χ0n) is 10.3. The van der Waals surface area contributed by atoms with Crippen molar-refractivity contribution in [2.75, 3.05) is 11.1 Å². The molecular formula is C14H12N2OS2. The molecule has 1 aromatic carbocycles. The maximum Gasteiger partial charge on any atom is 0.267 e. The van der Waals surface area contributed by atoms with Crippen LogP contribution in [-0.4, -0.2) is 5.91 Å². The maximum atomic E-state index is 12.2. The zero-order valence-corrected chi connectivity index (χ0v) is 11.9. The summed E-state index contributed by atoms with van der Waals surface area (Å²) in [5.41, 5.74) is 8.61. The summed E-state index contributed by atoms with van der Waals surface area (Å²) in [4.78, 5) is 12.8. The largest absolute Gasteiger partial charge is 0.397 e. The third-order valence-corrected chi connectivity index (χ3v) is 4.97. The van der Waals surface area contributed by atoms with Crippen molar-refractivity contribution in [3.05, 3.63) is 45.5 Å². The van der Waals surface area contributed by atoms with Gasteiger partial charge in [0.15, 0.2) is 0 Å². The fourth-order valence-corrected chi connectivity index (χ4v) is 3.64. The highest BCUT2D eigenvalue weighted by Crippen LogP contribution is 2.35. The molecule has 3 aromatic rings. The van der Waals surface area contributed by atoms with E-state index in [1.54, 1.807) is 11.3 Å². The molecule has 19 heavy (non-hydrogen) atoms. The minimum atomic E-state index is -0.142. The molecule has 96 valence electrons. The number of benzene rings is 1. The normalized spacial score (nSPS) is 10.8. The van der Waals surface area contributed by atoms with Crippen LogP contribution >= 0.6 is 22.7 Å². The van der Waals surface area contributed by atoms with Crippen LogP contribution < -0.4 is 11.1 Å². The van der Waals surface area contributed by atoms with Crippen molar-refractivity contribution in [2.24, 2.45) is 0 Å². The molecule has 0 spiro atoms. The van der Waals surface area contributed by atoms with E-state index >= 15 is 0 Å². The Balaban J connectivity index is 2.03. The van der Waals surface area contributed by atoms with Crippen LogP contribution in [0.2, 0.25) is 0 Å². The fourth-order valence-electron chi connectivity index (χ4n) is 1.97. The van der Waals surface area contributed by atoms with Gasteiger partial charge in [0.25, 0.3) is 5.91 Å². The molecule has 0 bridgehead atoms. The number of anilines is 2. The molecule has 1 amide bonds. The fraction of sp³-hybridized carbons (Fsp3) is 0.0714. The van der Waals surface area contributed by atoms with Crippen LogP contribution in [0.4, 0.5) is 11.4 Å². The molecule has 3 N–H and O–H groups in total. The smallest absolute Gasteiger partial charge is 0.267 e. The van der Waals surface area contributed by atoms with Crippen LogP contribution in [0.3, 0.4) is 0 Å². The van der Waals surface area contributed by atoms with Gasteiger partial charge >= 0.3 is 0 Å². The molecule has 0 aliphatic rings. The van der Waals surface area contributed by atoms with Crippen molar-refractivity contribution >= 4 is 50.0 Å². The minimum absolute atomic E-state index is 0.142. The van der Waals surface area contributed by atoms with Crippen molar-refractivity contribution in [2.45, 2.75) is 6.92 Å². The summed E-state index contributed by atoms with van der Waals surface area (Å²) in [5.74, 6) is -0.142. The van der Waals surface area contributed by atoms with Gasteiger partial charge in [0.05, 0.1) is 11.4 Å². The topological polar surface area (TPSA) is 55.1 Å². The van der Waals surface area contributed by atoms with Crippen LogP contribution in [0.25, 0.3) is 10.1 Å². The van der Waals surface area contributed by atoms with Gasteiger partial charge in [-0.2, -0.15) is 11.3 Å². The van der Waals surface area contributed by atoms with Crippen LogP contribution in [-0.2, 0) is 0 Å². The van der Waals surface area contributed by atoms with Gasteiger partial charge in [-0.05, 0) is 23.9 Å². The predicted molar refractivity (Wildman–Crippen MR) is 83.2 cm³/mol. The van der Waals surface area contributed by atoms with E-state index in [-0.39, 0.29) is 5.91 Å². The first kappa shape index (κ1) is 12.2. The van der Waals surface area contributed by atoms with E-state index in [0.29, 0.717) is 10.6 Å². The van der Waals surface area contributed by atoms with Gasteiger partial charge in [0, 0.05) is 15.5 Å². The van der Waals surface area contributed by atoms with Crippen molar-refractivity contribution in [3.8, 4) is 0 Å². The van der Waals surface area contributed by atoms with E-state index in [2.05, 4.69) is 5.32 Å². The van der Waals surface area contributed by atoms with Gasteiger partial charge in [-0.1, -0.05) is 18.2 Å². The summed E-state index contributed by atoms with van der Waals surface area (Å²) in [6, 6.07) is 7.81. The van der Waals surface area contributed by atoms with Crippen molar-refractivity contribution < 1.29 is 4.79 Å². The molecule has 0 aliphatic heterocycles. The van der Waals surface area contributed by atoms with Crippen molar-refractivity contribution in [3.63, 3.8) is 0 Å². The van der Waals surface area contributed by atoms with Crippen LogP contribution in [0, 0.1) is 6.92 Å². The zero-order chi connectivity index (χ0) is 13.4. The highest BCUT2D eigenvalue weighted by molar-refractivity contribution is 7.22. The van der Waals surface area contributed by atoms with E-state index < -0.39 is 0 Å². The number of amides is 1. The SMILES string of the molecule is Cc1cccc2c(N)c(C(=O)Nc3ccsc3)sc12. The third-order valence-electron chi connectivity index (χ3n) is 2.94. The van der Waals surface area contributed by atoms with Gasteiger partial charge < -0.3 is 11.1 Å². The second kappa shape index (κ2) is 4.68. The molecule has 0 aliphatic carbocycles. The van der Waals surface area contributed by atoms with Crippen LogP contribution in [0.1, 0.15) is 15.2 Å². The molecule has 0 saturated heterocycles. The minimum Gasteiger partial charge on any atom is -0.397 e. The summed E-state index contributed by atoms with van der Waals surface area (Å²) in [6.45, 7) is 2.03. The lowest BCUT2D eigenvalue weighted by Crippen LogP contribution is -2.11. The molecule has 2 aromatic heterocycles. The molecule has 2 heterocycles. The summed E-state index contributed by atoms with van der Waals surface area (Å²) >= 11 is 2.99. The number of nitrogens with one attached hydrogen (secondary N) is 1. The monoisotopic (exact) mass is 288 g/mol. The second-order valence-electron chi connectivity index (χ2n) is 4.26. The average molecular weight is 288 g/mol. The van der Waals surface area contributed by atoms with E-state index in [0.717, 1.165) is 21.3 Å². The highest BCUT2D eigenvalue weighted by atomic mass is 32.1. The lowest BCUT2D eigenvalue weighted by Gasteiger charge is -2.01. The number of carbonyl (C=O) groups is 1. The Kier molecular flexibility index (Phi) is 3.00. The molecule has 0 saturated carbocycles. The Morgan fingerprint density at radius 1 is 1.32 bits per heavy atom. The first-order chi connectivity index (χ1) is 9.16. The molecule has 3 rings (SSSR count). The van der Waals surface area contributed by atoms with E-state index in [9.17, 15) is 4.79 Å². The number of nitrogen functional groups attached to an aromatic ring is 1. The quantitative estimate of drug-likeness (QED) is 0.745. The number of aryl methyl sites for hydroxylation is 1. The predicted octanol–water partition coefficient (Wildman–Crippen LogP) is 4.11. The Morgan fingerprint density at radius 2 is 2.16 bits per heavy atom. The molecule has 5 heteroatoms. The van der Waals surface area contributed by atoms with Crippen LogP contribution in [0.5, 0.6) is 0 Å². The first-order valence-corrected chi connectivity index (χ1v) is 7.54. The van der Waals surface area contributed by atoms with Crippen molar-refractivity contribution in [1.29, 1.82) is 0 Å². The lowest BCUT2D eigenvalue weighted by atomic mass is 10.1. The number of thiophene rings is 2. The number of carbonyl (C=O) groups excluding carboxylic acids is 1. The average Bonchev–Trinajstić information content (AvgIpc) is 2.99. The Labute approximate surface area is 118 Å². The summed E-state index contributed by atoms with van der Waals surface area (Å²) in [6.07, 6.45) is 0. The van der Waals surface area contributed by atoms with Gasteiger partial charge in [-0.25, -0.2) is 0 Å². The number of fused-ring (bicyclic) bond motifs is 1. The van der Waals surface area contributed by atoms with E-state index in [4.69, 9.17) is 5.73 Å². The molecule has 0 atom stereocenters. The van der Waals surface area contributed by atoms with Gasteiger partial charge in [0.2, 0.25) is 0 Å². The summed E-state index contributed by atoms with van der Waals surface area (Å²) in [7, 11) is 0. The third kappa shape index (κ3) is 2.11. The first-order valence-electron chi connectivity index (χ1n) is 5.78. The molecule has 0 unspecified atom stereocenters. The van der Waals surface area contributed by atoms with E-state index in [1.165, 1.54) is 11.3 Å². The summed E-state index contributed by atoms with van der Waals surface area (Å²) < 4.78 is 1.08. The van der Waals surface area contributed by atoms with E-state index in [1.807, 2.05) is 41.9 Å². The molecule has 0 fully saturated rings. The Morgan fingerprint density at radius 3 is 2.84 bits per heavy atom. The highest BCUT2D eigenvalue weighted by Gasteiger charge is 2.17. The Bertz CT molecular complexity index is 744. The molecule has 0 radical (unpaired) electrons. The second-order valence-corrected chi connectivity index (χ2v) is 6.06.